The normalized spacial score (nSPS) is 10.2. The van der Waals surface area contributed by atoms with Crippen molar-refractivity contribution in [1.82, 2.24) is 0 Å². The summed E-state index contributed by atoms with van der Waals surface area (Å²) >= 11 is 0. The Kier molecular flexibility index (Phi) is 4.82. The van der Waals surface area contributed by atoms with Crippen LogP contribution in [-0.4, -0.2) is 18.2 Å². The minimum absolute atomic E-state index is 0.0331. The van der Waals surface area contributed by atoms with Crippen molar-refractivity contribution in [1.29, 1.82) is 0 Å². The van der Waals surface area contributed by atoms with Crippen molar-refractivity contribution >= 4 is 5.97 Å². The van der Waals surface area contributed by atoms with Crippen molar-refractivity contribution in [3.05, 3.63) is 59.2 Å². The highest BCUT2D eigenvalue weighted by molar-refractivity contribution is 5.70. The molecule has 2 aromatic rings. The summed E-state index contributed by atoms with van der Waals surface area (Å²) in [4.78, 5) is 10.7. The highest BCUT2D eigenvalue weighted by Gasteiger charge is 2.08. The van der Waals surface area contributed by atoms with Gasteiger partial charge in [0.15, 0.2) is 11.5 Å². The van der Waals surface area contributed by atoms with Crippen molar-refractivity contribution in [2.45, 2.75) is 20.0 Å². The number of aryl methyl sites for hydroxylation is 1. The molecule has 0 aliphatic carbocycles. The summed E-state index contributed by atoms with van der Waals surface area (Å²) < 4.78 is 11.0. The van der Waals surface area contributed by atoms with Gasteiger partial charge in [-0.05, 0) is 30.2 Å². The highest BCUT2D eigenvalue weighted by Crippen LogP contribution is 2.29. The monoisotopic (exact) mass is 286 g/mol. The topological polar surface area (TPSA) is 55.8 Å². The van der Waals surface area contributed by atoms with E-state index in [9.17, 15) is 4.79 Å². The van der Waals surface area contributed by atoms with Crippen molar-refractivity contribution in [3.63, 3.8) is 0 Å². The zero-order valence-electron chi connectivity index (χ0n) is 12.1. The average Bonchev–Trinajstić information content (AvgIpc) is 2.47. The molecule has 0 aliphatic heterocycles. The van der Waals surface area contributed by atoms with Crippen LogP contribution in [0.5, 0.6) is 11.5 Å². The molecule has 2 rings (SSSR count). The third-order valence-corrected chi connectivity index (χ3v) is 3.10. The van der Waals surface area contributed by atoms with E-state index in [0.29, 0.717) is 23.7 Å². The minimum atomic E-state index is -0.870. The SMILES string of the molecule is COc1cc(CC(=O)O)ccc1OCc1ccc(C)cc1. The Hall–Kier alpha value is -2.49. The first-order valence-corrected chi connectivity index (χ1v) is 6.65. The molecule has 0 aromatic heterocycles. The lowest BCUT2D eigenvalue weighted by molar-refractivity contribution is -0.136. The molecule has 0 spiro atoms. The van der Waals surface area contributed by atoms with Gasteiger partial charge in [0.05, 0.1) is 13.5 Å². The molecule has 0 unspecified atom stereocenters. The predicted molar refractivity (Wildman–Crippen MR) is 79.8 cm³/mol. The van der Waals surface area contributed by atoms with Crippen LogP contribution in [0.3, 0.4) is 0 Å². The summed E-state index contributed by atoms with van der Waals surface area (Å²) in [6.07, 6.45) is -0.0331. The van der Waals surface area contributed by atoms with E-state index >= 15 is 0 Å². The number of hydrogen-bond acceptors (Lipinski definition) is 3. The lowest BCUT2D eigenvalue weighted by Gasteiger charge is -2.12. The number of methoxy groups -OCH3 is 1. The van der Waals surface area contributed by atoms with Crippen molar-refractivity contribution in [2.24, 2.45) is 0 Å². The first-order valence-electron chi connectivity index (χ1n) is 6.65. The summed E-state index contributed by atoms with van der Waals surface area (Å²) in [5.41, 5.74) is 2.95. The number of ether oxygens (including phenoxy) is 2. The number of rotatable bonds is 6. The molecule has 0 heterocycles. The lowest BCUT2D eigenvalue weighted by Crippen LogP contribution is -2.02. The summed E-state index contributed by atoms with van der Waals surface area (Å²) in [6.45, 7) is 2.48. The van der Waals surface area contributed by atoms with Gasteiger partial charge in [-0.25, -0.2) is 0 Å². The molecule has 21 heavy (non-hydrogen) atoms. The van der Waals surface area contributed by atoms with Crippen LogP contribution in [0.4, 0.5) is 0 Å². The fraction of sp³-hybridized carbons (Fsp3) is 0.235. The molecule has 110 valence electrons. The number of aliphatic carboxylic acids is 1. The van der Waals surface area contributed by atoms with Crippen LogP contribution in [-0.2, 0) is 17.8 Å². The molecular formula is C17H18O4. The Morgan fingerprint density at radius 2 is 1.71 bits per heavy atom. The molecule has 4 heteroatoms. The van der Waals surface area contributed by atoms with Gasteiger partial charge in [0.25, 0.3) is 0 Å². The van der Waals surface area contributed by atoms with E-state index in [1.807, 2.05) is 31.2 Å². The van der Waals surface area contributed by atoms with E-state index in [4.69, 9.17) is 14.6 Å². The zero-order valence-corrected chi connectivity index (χ0v) is 12.1. The Labute approximate surface area is 123 Å². The van der Waals surface area contributed by atoms with Gasteiger partial charge in [-0.1, -0.05) is 35.9 Å². The standard InChI is InChI=1S/C17H18O4/c1-12-3-5-13(6-4-12)11-21-15-8-7-14(10-17(18)19)9-16(15)20-2/h3-9H,10-11H2,1-2H3,(H,18,19). The Balaban J connectivity index is 2.08. The molecule has 0 bridgehead atoms. The van der Waals surface area contributed by atoms with E-state index in [2.05, 4.69) is 0 Å². The largest absolute Gasteiger partial charge is 0.493 e. The van der Waals surface area contributed by atoms with Crippen LogP contribution in [0.1, 0.15) is 16.7 Å². The van der Waals surface area contributed by atoms with Crippen LogP contribution in [0.15, 0.2) is 42.5 Å². The highest BCUT2D eigenvalue weighted by atomic mass is 16.5. The smallest absolute Gasteiger partial charge is 0.307 e. The summed E-state index contributed by atoms with van der Waals surface area (Å²) in [5, 5.41) is 8.80. The molecule has 0 radical (unpaired) electrons. The second-order valence-electron chi connectivity index (χ2n) is 4.83. The van der Waals surface area contributed by atoms with E-state index in [0.717, 1.165) is 5.56 Å². The van der Waals surface area contributed by atoms with Crippen LogP contribution >= 0.6 is 0 Å². The van der Waals surface area contributed by atoms with Crippen molar-refractivity contribution in [2.75, 3.05) is 7.11 Å². The fourth-order valence-electron chi connectivity index (χ4n) is 1.96. The number of carbonyl (C=O) groups is 1. The van der Waals surface area contributed by atoms with Crippen molar-refractivity contribution in [3.8, 4) is 11.5 Å². The second kappa shape index (κ2) is 6.79. The van der Waals surface area contributed by atoms with Gasteiger partial charge in [0.1, 0.15) is 6.61 Å². The lowest BCUT2D eigenvalue weighted by atomic mass is 10.1. The third kappa shape index (κ3) is 4.24. The van der Waals surface area contributed by atoms with Gasteiger partial charge in [0.2, 0.25) is 0 Å². The maximum absolute atomic E-state index is 10.7. The summed E-state index contributed by atoms with van der Waals surface area (Å²) in [7, 11) is 1.54. The number of benzene rings is 2. The predicted octanol–water partition coefficient (Wildman–Crippen LogP) is 3.21. The van der Waals surface area contributed by atoms with Crippen LogP contribution in [0.2, 0.25) is 0 Å². The Morgan fingerprint density at radius 3 is 2.33 bits per heavy atom. The molecule has 0 aliphatic rings. The molecular weight excluding hydrogens is 268 g/mol. The summed E-state index contributed by atoms with van der Waals surface area (Å²) in [6, 6.07) is 13.3. The van der Waals surface area contributed by atoms with Crippen LogP contribution in [0.25, 0.3) is 0 Å². The van der Waals surface area contributed by atoms with E-state index in [-0.39, 0.29) is 6.42 Å². The minimum Gasteiger partial charge on any atom is -0.493 e. The molecule has 0 atom stereocenters. The maximum atomic E-state index is 10.7. The second-order valence-corrected chi connectivity index (χ2v) is 4.83. The van der Waals surface area contributed by atoms with Gasteiger partial charge < -0.3 is 14.6 Å². The summed E-state index contributed by atoms with van der Waals surface area (Å²) in [5.74, 6) is 0.276. The van der Waals surface area contributed by atoms with Crippen molar-refractivity contribution < 1.29 is 19.4 Å². The first-order chi connectivity index (χ1) is 10.1. The van der Waals surface area contributed by atoms with Gasteiger partial charge in [-0.15, -0.1) is 0 Å². The zero-order chi connectivity index (χ0) is 15.2. The molecule has 0 saturated heterocycles. The van der Waals surface area contributed by atoms with E-state index in [1.165, 1.54) is 5.56 Å². The molecule has 0 amide bonds. The molecule has 0 saturated carbocycles. The number of hydrogen-bond donors (Lipinski definition) is 1. The van der Waals surface area contributed by atoms with Gasteiger partial charge >= 0.3 is 5.97 Å². The first kappa shape index (κ1) is 14.9. The Bertz CT molecular complexity index is 617. The molecule has 4 nitrogen and oxygen atoms in total. The maximum Gasteiger partial charge on any atom is 0.307 e. The average molecular weight is 286 g/mol. The quantitative estimate of drug-likeness (QED) is 0.886. The fourth-order valence-corrected chi connectivity index (χ4v) is 1.96. The number of carboxylic acids is 1. The van der Waals surface area contributed by atoms with E-state index < -0.39 is 5.97 Å². The van der Waals surface area contributed by atoms with Gasteiger partial charge in [-0.2, -0.15) is 0 Å². The van der Waals surface area contributed by atoms with Crippen LogP contribution in [0, 0.1) is 6.92 Å². The van der Waals surface area contributed by atoms with Gasteiger partial charge in [-0.3, -0.25) is 4.79 Å². The van der Waals surface area contributed by atoms with E-state index in [1.54, 1.807) is 25.3 Å². The number of carboxylic acid groups (broad SMARTS) is 1. The molecule has 0 fully saturated rings. The third-order valence-electron chi connectivity index (χ3n) is 3.10. The van der Waals surface area contributed by atoms with Crippen LogP contribution < -0.4 is 9.47 Å². The molecule has 2 aromatic carbocycles. The van der Waals surface area contributed by atoms with Gasteiger partial charge in [0, 0.05) is 0 Å². The Morgan fingerprint density at radius 1 is 1.05 bits per heavy atom. The molecule has 1 N–H and O–H groups in total.